The van der Waals surface area contributed by atoms with Crippen molar-refractivity contribution in [3.8, 4) is 0 Å². The molecule has 0 spiro atoms. The van der Waals surface area contributed by atoms with Crippen molar-refractivity contribution < 1.29 is 4.57 Å². The van der Waals surface area contributed by atoms with Crippen LogP contribution in [0.25, 0.3) is 0 Å². The quantitative estimate of drug-likeness (QED) is 0.603. The number of hydrogen-bond donors (Lipinski definition) is 0. The van der Waals surface area contributed by atoms with E-state index in [1.807, 2.05) is 79.7 Å². The van der Waals surface area contributed by atoms with Crippen LogP contribution in [0.15, 0.2) is 72.8 Å². The number of rotatable bonds is 4. The van der Waals surface area contributed by atoms with Crippen LogP contribution in [0.4, 0.5) is 0 Å². The molecule has 0 unspecified atom stereocenters. The highest BCUT2D eigenvalue weighted by molar-refractivity contribution is 7.78. The molecule has 0 aliphatic heterocycles. The summed E-state index contributed by atoms with van der Waals surface area (Å²) in [6.45, 7) is 1.96. The smallest absolute Gasteiger partial charge is 0.146 e. The van der Waals surface area contributed by atoms with E-state index in [9.17, 15) is 4.57 Å². The maximum atomic E-state index is 13.3. The van der Waals surface area contributed by atoms with Gasteiger partial charge in [-0.2, -0.15) is 0 Å². The van der Waals surface area contributed by atoms with Crippen molar-refractivity contribution in [2.75, 3.05) is 6.16 Å². The fraction of sp³-hybridized carbons (Fsp3) is 0.125. The van der Waals surface area contributed by atoms with Gasteiger partial charge in [0.15, 0.2) is 0 Å². The predicted molar refractivity (Wildman–Crippen MR) is 79.4 cm³/mol. The van der Waals surface area contributed by atoms with Crippen molar-refractivity contribution in [2.24, 2.45) is 0 Å². The van der Waals surface area contributed by atoms with Crippen molar-refractivity contribution in [1.82, 2.24) is 0 Å². The third kappa shape index (κ3) is 2.63. The van der Waals surface area contributed by atoms with Gasteiger partial charge in [0, 0.05) is 16.8 Å². The third-order valence-corrected chi connectivity index (χ3v) is 5.93. The average Bonchev–Trinajstić information content (AvgIpc) is 2.46. The fourth-order valence-electron chi connectivity index (χ4n) is 1.95. The van der Waals surface area contributed by atoms with Crippen LogP contribution < -0.4 is 10.6 Å². The van der Waals surface area contributed by atoms with Crippen LogP contribution >= 0.6 is 7.14 Å². The summed E-state index contributed by atoms with van der Waals surface area (Å²) >= 11 is 0. The van der Waals surface area contributed by atoms with Gasteiger partial charge in [0.05, 0.1) is 0 Å². The van der Waals surface area contributed by atoms with Crippen LogP contribution in [0.2, 0.25) is 0 Å². The second-order valence-electron chi connectivity index (χ2n) is 4.16. The predicted octanol–water partition coefficient (Wildman–Crippen LogP) is 3.58. The van der Waals surface area contributed by atoms with E-state index < -0.39 is 7.14 Å². The summed E-state index contributed by atoms with van der Waals surface area (Å²) in [6, 6.07) is 19.5. The molecule has 1 nitrogen and oxygen atoms in total. The summed E-state index contributed by atoms with van der Waals surface area (Å²) < 4.78 is 13.3. The molecule has 18 heavy (non-hydrogen) atoms. The van der Waals surface area contributed by atoms with E-state index in [1.165, 1.54) is 0 Å². The Balaban J connectivity index is 2.52. The molecule has 2 aromatic rings. The SMILES string of the molecule is C/C=C/CP(=O)(c1ccccc1)c1ccccc1. The standard InChI is InChI=1S/C16H17OP/c1-2-3-14-18(17,15-10-6-4-7-11-15)16-12-8-5-9-13-16/h2-13H,14H2,1H3/b3-2+. The number of allylic oxidation sites excluding steroid dienone is 2. The van der Waals surface area contributed by atoms with Crippen LogP contribution in [-0.2, 0) is 4.57 Å². The molecule has 2 aromatic carbocycles. The Hall–Kier alpha value is -1.59. The molecule has 0 heterocycles. The molecule has 0 amide bonds. The fourth-order valence-corrected chi connectivity index (χ4v) is 4.49. The normalized spacial score (nSPS) is 11.8. The van der Waals surface area contributed by atoms with E-state index in [4.69, 9.17) is 0 Å². The third-order valence-electron chi connectivity index (χ3n) is 2.94. The average molecular weight is 256 g/mol. The van der Waals surface area contributed by atoms with Crippen molar-refractivity contribution in [3.63, 3.8) is 0 Å². The van der Waals surface area contributed by atoms with Gasteiger partial charge in [0.2, 0.25) is 0 Å². The highest BCUT2D eigenvalue weighted by Crippen LogP contribution is 2.43. The highest BCUT2D eigenvalue weighted by atomic mass is 31.2. The molecular formula is C16H17OP. The molecule has 0 radical (unpaired) electrons. The molecule has 2 rings (SSSR count). The first-order valence-electron chi connectivity index (χ1n) is 6.09. The molecule has 92 valence electrons. The molecular weight excluding hydrogens is 239 g/mol. The maximum Gasteiger partial charge on any atom is 0.146 e. The Bertz CT molecular complexity index is 515. The number of hydrogen-bond acceptors (Lipinski definition) is 1. The Labute approximate surface area is 109 Å². The zero-order valence-corrected chi connectivity index (χ0v) is 11.4. The van der Waals surface area contributed by atoms with Crippen molar-refractivity contribution in [3.05, 3.63) is 72.8 Å². The lowest BCUT2D eigenvalue weighted by Crippen LogP contribution is -2.17. The Morgan fingerprint density at radius 2 is 1.33 bits per heavy atom. The van der Waals surface area contributed by atoms with Crippen molar-refractivity contribution >= 4 is 17.8 Å². The summed E-state index contributed by atoms with van der Waals surface area (Å²) in [7, 11) is -2.53. The minimum absolute atomic E-state index is 0.581. The minimum atomic E-state index is -2.53. The van der Waals surface area contributed by atoms with Crippen molar-refractivity contribution in [2.45, 2.75) is 6.92 Å². The Morgan fingerprint density at radius 3 is 1.72 bits per heavy atom. The zero-order chi connectivity index (χ0) is 12.8. The van der Waals surface area contributed by atoms with Gasteiger partial charge in [-0.05, 0) is 6.92 Å². The van der Waals surface area contributed by atoms with Gasteiger partial charge in [-0.1, -0.05) is 72.8 Å². The van der Waals surface area contributed by atoms with E-state index in [-0.39, 0.29) is 0 Å². The molecule has 0 aliphatic carbocycles. The van der Waals surface area contributed by atoms with Gasteiger partial charge in [-0.15, -0.1) is 0 Å². The van der Waals surface area contributed by atoms with Crippen LogP contribution in [0.3, 0.4) is 0 Å². The van der Waals surface area contributed by atoms with E-state index in [1.54, 1.807) is 0 Å². The lowest BCUT2D eigenvalue weighted by atomic mass is 10.4. The van der Waals surface area contributed by atoms with E-state index in [2.05, 4.69) is 0 Å². The lowest BCUT2D eigenvalue weighted by Gasteiger charge is -2.17. The summed E-state index contributed by atoms with van der Waals surface area (Å²) in [6.07, 6.45) is 4.52. The minimum Gasteiger partial charge on any atom is -0.313 e. The number of benzene rings is 2. The molecule has 0 fully saturated rings. The van der Waals surface area contributed by atoms with Crippen molar-refractivity contribution in [1.29, 1.82) is 0 Å². The summed E-state index contributed by atoms with van der Waals surface area (Å²) in [4.78, 5) is 0. The van der Waals surface area contributed by atoms with Gasteiger partial charge < -0.3 is 4.57 Å². The first kappa shape index (κ1) is 12.9. The van der Waals surface area contributed by atoms with Gasteiger partial charge in [-0.25, -0.2) is 0 Å². The van der Waals surface area contributed by atoms with Crippen LogP contribution in [-0.4, -0.2) is 6.16 Å². The molecule has 2 heteroatoms. The zero-order valence-electron chi connectivity index (χ0n) is 10.5. The van der Waals surface area contributed by atoms with E-state index in [0.717, 1.165) is 10.6 Å². The second kappa shape index (κ2) is 5.84. The Kier molecular flexibility index (Phi) is 4.17. The topological polar surface area (TPSA) is 17.1 Å². The molecule has 0 saturated heterocycles. The first-order valence-corrected chi connectivity index (χ1v) is 7.98. The largest absolute Gasteiger partial charge is 0.313 e. The Morgan fingerprint density at radius 1 is 0.889 bits per heavy atom. The lowest BCUT2D eigenvalue weighted by molar-refractivity contribution is 0.588. The van der Waals surface area contributed by atoms with Gasteiger partial charge in [0.1, 0.15) is 7.14 Å². The maximum absolute atomic E-state index is 13.3. The van der Waals surface area contributed by atoms with Crippen LogP contribution in [0, 0.1) is 0 Å². The summed E-state index contributed by atoms with van der Waals surface area (Å²) in [5.74, 6) is 0. The summed E-state index contributed by atoms with van der Waals surface area (Å²) in [5.41, 5.74) is 0. The van der Waals surface area contributed by atoms with E-state index >= 15 is 0 Å². The molecule has 0 aliphatic rings. The highest BCUT2D eigenvalue weighted by Gasteiger charge is 2.25. The van der Waals surface area contributed by atoms with Gasteiger partial charge in [-0.3, -0.25) is 0 Å². The van der Waals surface area contributed by atoms with Crippen LogP contribution in [0.1, 0.15) is 6.92 Å². The molecule has 0 N–H and O–H groups in total. The molecule has 0 aromatic heterocycles. The van der Waals surface area contributed by atoms with Crippen LogP contribution in [0.5, 0.6) is 0 Å². The van der Waals surface area contributed by atoms with E-state index in [0.29, 0.717) is 6.16 Å². The molecule has 0 bridgehead atoms. The van der Waals surface area contributed by atoms with Gasteiger partial charge in [0.25, 0.3) is 0 Å². The second-order valence-corrected chi connectivity index (χ2v) is 7.04. The summed E-state index contributed by atoms with van der Waals surface area (Å²) in [5, 5.41) is 1.85. The van der Waals surface area contributed by atoms with Gasteiger partial charge >= 0.3 is 0 Å². The first-order chi connectivity index (χ1) is 8.77. The monoisotopic (exact) mass is 256 g/mol. The molecule has 0 saturated carbocycles. The molecule has 0 atom stereocenters.